The Bertz CT molecular complexity index is 304. The van der Waals surface area contributed by atoms with Crippen molar-refractivity contribution in [3.8, 4) is 0 Å². The molecule has 2 aromatic carbocycles. The van der Waals surface area contributed by atoms with Crippen molar-refractivity contribution in [3.05, 3.63) is 60.2 Å². The van der Waals surface area contributed by atoms with Gasteiger partial charge in [-0.3, -0.25) is 0 Å². The van der Waals surface area contributed by atoms with Gasteiger partial charge in [-0.2, -0.15) is 12.1 Å². The smallest absolute Gasteiger partial charge is 0 e. The first kappa shape index (κ1) is 15.2. The van der Waals surface area contributed by atoms with Crippen LogP contribution in [0.2, 0.25) is 0 Å². The van der Waals surface area contributed by atoms with Gasteiger partial charge in [0.25, 0.3) is 0 Å². The SMILES string of the molecule is C[C@H]([c-]1cccc1)N(C)C.[Fe].[cH-]1[cH-][cH-][cH-][cH-]1. The summed E-state index contributed by atoms with van der Waals surface area (Å²) >= 11 is 0. The molecule has 0 heterocycles. The Morgan fingerprint density at radius 1 is 0.938 bits per heavy atom. The first-order valence-corrected chi connectivity index (χ1v) is 5.26. The third-order valence-electron chi connectivity index (χ3n) is 2.50. The molecule has 0 unspecified atom stereocenters. The van der Waals surface area contributed by atoms with E-state index >= 15 is 0 Å². The molecule has 94 valence electrons. The van der Waals surface area contributed by atoms with E-state index in [-0.39, 0.29) is 17.1 Å². The summed E-state index contributed by atoms with van der Waals surface area (Å²) in [5.41, 5.74) is 1.39. The van der Waals surface area contributed by atoms with E-state index in [4.69, 9.17) is 0 Å². The molecule has 1 atom stereocenters. The van der Waals surface area contributed by atoms with Crippen molar-refractivity contribution in [1.82, 2.24) is 4.90 Å². The van der Waals surface area contributed by atoms with Crippen LogP contribution in [0.15, 0.2) is 54.6 Å². The molecule has 2 heteroatoms. The zero-order valence-electron chi connectivity index (χ0n) is 10.1. The molecule has 0 aliphatic carbocycles. The number of hydrogen-bond donors (Lipinski definition) is 0. The molecule has 1 nitrogen and oxygen atoms in total. The molecule has 2 rings (SSSR count). The summed E-state index contributed by atoms with van der Waals surface area (Å²) in [6, 6.07) is 19.0. The zero-order chi connectivity index (χ0) is 11.1. The van der Waals surface area contributed by atoms with Gasteiger partial charge in [0.15, 0.2) is 0 Å². The molecule has 0 bridgehead atoms. The second-order valence-electron chi connectivity index (χ2n) is 3.82. The molecule has 16 heavy (non-hydrogen) atoms. The molecule has 0 saturated heterocycles. The van der Waals surface area contributed by atoms with Crippen LogP contribution in [-0.2, 0) is 17.1 Å². The van der Waals surface area contributed by atoms with E-state index in [1.807, 2.05) is 30.3 Å². The van der Waals surface area contributed by atoms with Gasteiger partial charge >= 0.3 is 0 Å². The summed E-state index contributed by atoms with van der Waals surface area (Å²) in [4.78, 5) is 2.20. The average Bonchev–Trinajstić information content (AvgIpc) is 2.92. The minimum absolute atomic E-state index is 0. The van der Waals surface area contributed by atoms with Gasteiger partial charge in [-0.05, 0) is 20.1 Å². The molecule has 0 saturated carbocycles. The summed E-state index contributed by atoms with van der Waals surface area (Å²) in [7, 11) is 4.19. The summed E-state index contributed by atoms with van der Waals surface area (Å²) in [6.07, 6.45) is 0. The second-order valence-corrected chi connectivity index (χ2v) is 3.82. The van der Waals surface area contributed by atoms with Gasteiger partial charge in [0.05, 0.1) is 0 Å². The van der Waals surface area contributed by atoms with Crippen LogP contribution in [0.3, 0.4) is 0 Å². The fourth-order valence-corrected chi connectivity index (χ4v) is 1.29. The van der Waals surface area contributed by atoms with Crippen molar-refractivity contribution < 1.29 is 17.1 Å². The Morgan fingerprint density at radius 2 is 1.31 bits per heavy atom. The monoisotopic (exact) mass is 257 g/mol. The van der Waals surface area contributed by atoms with E-state index in [0.29, 0.717) is 6.04 Å². The fraction of sp³-hybridized carbons (Fsp3) is 0.286. The third kappa shape index (κ3) is 5.31. The molecule has 0 aromatic heterocycles. The van der Waals surface area contributed by atoms with Crippen molar-refractivity contribution in [2.24, 2.45) is 0 Å². The maximum absolute atomic E-state index is 2.20. The number of hydrogen-bond acceptors (Lipinski definition) is 1. The van der Waals surface area contributed by atoms with Crippen molar-refractivity contribution in [2.45, 2.75) is 13.0 Å². The van der Waals surface area contributed by atoms with Crippen molar-refractivity contribution in [3.63, 3.8) is 0 Å². The summed E-state index contributed by atoms with van der Waals surface area (Å²) in [5.74, 6) is 0. The van der Waals surface area contributed by atoms with Gasteiger partial charge in [-0.25, -0.2) is 12.1 Å². The summed E-state index contributed by atoms with van der Waals surface area (Å²) in [6.45, 7) is 2.20. The maximum atomic E-state index is 2.20. The van der Waals surface area contributed by atoms with Crippen molar-refractivity contribution >= 4 is 0 Å². The minimum Gasteiger partial charge on any atom is -0.748 e. The molecule has 0 amide bonds. The first-order chi connectivity index (χ1) is 7.22. The molecular weight excluding hydrogens is 238 g/mol. The molecular formula is C14H19FeN-6. The van der Waals surface area contributed by atoms with E-state index in [1.165, 1.54) is 5.56 Å². The Labute approximate surface area is 109 Å². The van der Waals surface area contributed by atoms with E-state index in [0.717, 1.165) is 0 Å². The third-order valence-corrected chi connectivity index (χ3v) is 2.50. The predicted molar refractivity (Wildman–Crippen MR) is 66.2 cm³/mol. The van der Waals surface area contributed by atoms with Crippen molar-refractivity contribution in [2.75, 3.05) is 14.1 Å². The second kappa shape index (κ2) is 8.35. The molecule has 0 aliphatic rings. The van der Waals surface area contributed by atoms with E-state index in [2.05, 4.69) is 50.2 Å². The summed E-state index contributed by atoms with van der Waals surface area (Å²) < 4.78 is 0. The van der Waals surface area contributed by atoms with Crippen LogP contribution < -0.4 is 0 Å². The largest absolute Gasteiger partial charge is 0.748 e. The Morgan fingerprint density at radius 3 is 1.62 bits per heavy atom. The number of rotatable bonds is 2. The predicted octanol–water partition coefficient (Wildman–Crippen LogP) is 3.43. The van der Waals surface area contributed by atoms with Gasteiger partial charge in [0, 0.05) is 17.1 Å². The molecule has 0 fully saturated rings. The van der Waals surface area contributed by atoms with Crippen LogP contribution in [0, 0.1) is 0 Å². The Balaban J connectivity index is 0.000000318. The topological polar surface area (TPSA) is 3.24 Å². The fourth-order valence-electron chi connectivity index (χ4n) is 1.29. The molecule has 0 aliphatic heterocycles. The van der Waals surface area contributed by atoms with Crippen LogP contribution >= 0.6 is 0 Å². The molecule has 0 spiro atoms. The normalized spacial score (nSPS) is 11.2. The van der Waals surface area contributed by atoms with Gasteiger partial charge in [0.2, 0.25) is 0 Å². The van der Waals surface area contributed by atoms with Crippen LogP contribution in [0.5, 0.6) is 0 Å². The van der Waals surface area contributed by atoms with Gasteiger partial charge < -0.3 is 35.2 Å². The molecule has 2 aromatic rings. The standard InChI is InChI=1S/C9H14N.C5H5.Fe/c1-8(10(2)3)9-6-4-5-7-9;1-2-4-5-3-1;/h4-8H,1-3H3;1-5H;/q-1;-5;/t8-;;/m1../s1. The first-order valence-electron chi connectivity index (χ1n) is 5.26. The van der Waals surface area contributed by atoms with Crippen LogP contribution in [0.1, 0.15) is 18.5 Å². The van der Waals surface area contributed by atoms with Crippen LogP contribution in [-0.4, -0.2) is 19.0 Å². The minimum atomic E-state index is 0. The van der Waals surface area contributed by atoms with Gasteiger partial charge in [0.1, 0.15) is 0 Å². The van der Waals surface area contributed by atoms with Gasteiger partial charge in [-0.15, -0.1) is 5.56 Å². The molecule has 0 N–H and O–H groups in total. The quantitative estimate of drug-likeness (QED) is 0.588. The molecule has 0 radical (unpaired) electrons. The van der Waals surface area contributed by atoms with Gasteiger partial charge in [-0.1, -0.05) is 6.92 Å². The van der Waals surface area contributed by atoms with E-state index < -0.39 is 0 Å². The Hall–Kier alpha value is -0.821. The van der Waals surface area contributed by atoms with Crippen molar-refractivity contribution in [1.29, 1.82) is 0 Å². The summed E-state index contributed by atoms with van der Waals surface area (Å²) in [5, 5.41) is 0. The zero-order valence-corrected chi connectivity index (χ0v) is 11.2. The van der Waals surface area contributed by atoms with E-state index in [1.54, 1.807) is 0 Å². The maximum Gasteiger partial charge on any atom is 0 e. The van der Waals surface area contributed by atoms with E-state index in [9.17, 15) is 0 Å². The Kier molecular flexibility index (Phi) is 7.92. The number of nitrogens with zero attached hydrogens (tertiary/aromatic N) is 1. The average molecular weight is 257 g/mol. The van der Waals surface area contributed by atoms with Crippen LogP contribution in [0.25, 0.3) is 0 Å². The van der Waals surface area contributed by atoms with Crippen LogP contribution in [0.4, 0.5) is 0 Å².